The molecule has 1 amide bonds. The first kappa shape index (κ1) is 19.6. The molecule has 9 heteroatoms. The Labute approximate surface area is 166 Å². The molecule has 3 heterocycles. The number of hydrogen-bond donors (Lipinski definition) is 0. The minimum atomic E-state index is -3.64. The van der Waals surface area contributed by atoms with Crippen LogP contribution in [0.15, 0.2) is 29.2 Å². The van der Waals surface area contributed by atoms with Gasteiger partial charge in [0.15, 0.2) is 0 Å². The number of anilines is 1. The topological polar surface area (TPSA) is 79.4 Å². The first-order valence-corrected chi connectivity index (χ1v) is 11.2. The average molecular weight is 410 g/mol. The van der Waals surface area contributed by atoms with E-state index in [1.54, 1.807) is 19.2 Å². The van der Waals surface area contributed by atoms with Gasteiger partial charge in [-0.3, -0.25) is 4.79 Å². The Morgan fingerprint density at radius 3 is 2.71 bits per heavy atom. The molecule has 0 bridgehead atoms. The predicted molar refractivity (Wildman–Crippen MR) is 104 cm³/mol. The van der Waals surface area contributed by atoms with Crippen LogP contribution in [0.4, 0.5) is 5.69 Å². The van der Waals surface area contributed by atoms with Crippen LogP contribution in [0.5, 0.6) is 0 Å². The molecule has 0 unspecified atom stereocenters. The van der Waals surface area contributed by atoms with E-state index in [1.165, 1.54) is 4.31 Å². The Balaban J connectivity index is 1.70. The van der Waals surface area contributed by atoms with E-state index < -0.39 is 10.0 Å². The zero-order chi connectivity index (χ0) is 19.7. The third-order valence-corrected chi connectivity index (χ3v) is 7.74. The molecule has 0 radical (unpaired) electrons. The highest BCUT2D eigenvalue weighted by molar-refractivity contribution is 7.89. The van der Waals surface area contributed by atoms with E-state index in [0.717, 1.165) is 12.8 Å². The summed E-state index contributed by atoms with van der Waals surface area (Å²) in [5, 5.41) is 0. The molecule has 0 N–H and O–H groups in total. The average Bonchev–Trinajstić information content (AvgIpc) is 3.10. The van der Waals surface area contributed by atoms with Gasteiger partial charge < -0.3 is 19.3 Å². The van der Waals surface area contributed by atoms with E-state index in [0.29, 0.717) is 51.7 Å². The van der Waals surface area contributed by atoms with Crippen LogP contribution in [0.2, 0.25) is 0 Å². The summed E-state index contributed by atoms with van der Waals surface area (Å²) in [6, 6.07) is 6.68. The van der Waals surface area contributed by atoms with Gasteiger partial charge in [-0.25, -0.2) is 8.42 Å². The van der Waals surface area contributed by atoms with E-state index in [4.69, 9.17) is 9.47 Å². The van der Waals surface area contributed by atoms with Crippen molar-refractivity contribution >= 4 is 21.6 Å². The fraction of sp³-hybridized carbons (Fsp3) is 0.632. The highest BCUT2D eigenvalue weighted by Crippen LogP contribution is 2.40. The number of fused-ring (bicyclic) bond motifs is 3. The van der Waals surface area contributed by atoms with Crippen molar-refractivity contribution in [3.05, 3.63) is 24.3 Å². The summed E-state index contributed by atoms with van der Waals surface area (Å²) in [6.07, 6.45) is 1.52. The van der Waals surface area contributed by atoms with E-state index in [9.17, 15) is 13.2 Å². The number of amides is 1. The summed E-state index contributed by atoms with van der Waals surface area (Å²) in [7, 11) is -2.07. The summed E-state index contributed by atoms with van der Waals surface area (Å²) in [4.78, 5) is 17.4. The summed E-state index contributed by atoms with van der Waals surface area (Å²) in [6.45, 7) is 3.30. The van der Waals surface area contributed by atoms with Crippen molar-refractivity contribution in [2.24, 2.45) is 0 Å². The van der Waals surface area contributed by atoms with Crippen LogP contribution in [0, 0.1) is 0 Å². The number of carbonyl (C=O) groups excluding carboxylic acids is 1. The van der Waals surface area contributed by atoms with Gasteiger partial charge in [-0.1, -0.05) is 12.1 Å². The van der Waals surface area contributed by atoms with Gasteiger partial charge in [0.05, 0.1) is 25.5 Å². The van der Waals surface area contributed by atoms with Crippen molar-refractivity contribution < 1.29 is 22.7 Å². The molecular weight excluding hydrogens is 382 g/mol. The monoisotopic (exact) mass is 409 g/mol. The Morgan fingerprint density at radius 1 is 1.21 bits per heavy atom. The highest BCUT2D eigenvalue weighted by Gasteiger charge is 2.46. The van der Waals surface area contributed by atoms with E-state index in [1.807, 2.05) is 17.0 Å². The van der Waals surface area contributed by atoms with Crippen molar-refractivity contribution in [1.29, 1.82) is 0 Å². The quantitative estimate of drug-likeness (QED) is 0.722. The van der Waals surface area contributed by atoms with E-state index in [2.05, 4.69) is 4.90 Å². The molecule has 1 aromatic carbocycles. The lowest BCUT2D eigenvalue weighted by atomic mass is 10.1. The number of benzene rings is 1. The summed E-state index contributed by atoms with van der Waals surface area (Å²) < 4.78 is 38.5. The maximum Gasteiger partial charge on any atom is 0.245 e. The fourth-order valence-electron chi connectivity index (χ4n) is 4.43. The van der Waals surface area contributed by atoms with Gasteiger partial charge in [-0.15, -0.1) is 0 Å². The van der Waals surface area contributed by atoms with Gasteiger partial charge in [-0.2, -0.15) is 4.31 Å². The standard InChI is InChI=1S/C19H27N3O5S/c1-26-11-10-21-14-15-6-7-17(19(23)20-8-12-27-13-9-20)22(15)16-4-2-3-5-18(16)28(21,24)25/h2-5,15,17H,6-14H2,1H3/t15-,17+/m0/s1. The summed E-state index contributed by atoms with van der Waals surface area (Å²) in [5.41, 5.74) is 0.636. The van der Waals surface area contributed by atoms with Gasteiger partial charge in [0.1, 0.15) is 10.9 Å². The molecule has 154 valence electrons. The van der Waals surface area contributed by atoms with Crippen LogP contribution in [-0.4, -0.2) is 88.7 Å². The second kappa shape index (κ2) is 7.98. The maximum absolute atomic E-state index is 13.3. The lowest BCUT2D eigenvalue weighted by Crippen LogP contribution is -2.52. The molecule has 2 fully saturated rings. The number of rotatable bonds is 4. The van der Waals surface area contributed by atoms with Crippen molar-refractivity contribution in [2.75, 3.05) is 58.0 Å². The summed E-state index contributed by atoms with van der Waals surface area (Å²) in [5.74, 6) is 0.0725. The number of carbonyl (C=O) groups is 1. The smallest absolute Gasteiger partial charge is 0.245 e. The largest absolute Gasteiger partial charge is 0.383 e. The number of para-hydroxylation sites is 1. The van der Waals surface area contributed by atoms with Crippen LogP contribution in [0.25, 0.3) is 0 Å². The highest BCUT2D eigenvalue weighted by atomic mass is 32.2. The lowest BCUT2D eigenvalue weighted by Gasteiger charge is -2.35. The summed E-state index contributed by atoms with van der Waals surface area (Å²) >= 11 is 0. The van der Waals surface area contributed by atoms with Gasteiger partial charge >= 0.3 is 0 Å². The van der Waals surface area contributed by atoms with Gasteiger partial charge in [-0.05, 0) is 25.0 Å². The van der Waals surface area contributed by atoms with Crippen LogP contribution in [-0.2, 0) is 24.3 Å². The maximum atomic E-state index is 13.3. The fourth-order valence-corrected chi connectivity index (χ4v) is 6.08. The number of ether oxygens (including phenoxy) is 2. The Morgan fingerprint density at radius 2 is 1.96 bits per heavy atom. The molecule has 3 aliphatic heterocycles. The minimum absolute atomic E-state index is 0.0229. The second-order valence-electron chi connectivity index (χ2n) is 7.42. The molecule has 2 saturated heterocycles. The first-order chi connectivity index (χ1) is 13.5. The van der Waals surface area contributed by atoms with Crippen LogP contribution >= 0.6 is 0 Å². The number of methoxy groups -OCH3 is 1. The van der Waals surface area contributed by atoms with Gasteiger partial charge in [0.2, 0.25) is 15.9 Å². The van der Waals surface area contributed by atoms with Crippen molar-refractivity contribution in [3.8, 4) is 0 Å². The molecule has 0 spiro atoms. The van der Waals surface area contributed by atoms with Gasteiger partial charge in [0.25, 0.3) is 0 Å². The number of nitrogens with zero attached hydrogens (tertiary/aromatic N) is 3. The first-order valence-electron chi connectivity index (χ1n) is 9.77. The Bertz CT molecular complexity index is 825. The lowest BCUT2D eigenvalue weighted by molar-refractivity contribution is -0.136. The zero-order valence-electron chi connectivity index (χ0n) is 16.1. The predicted octanol–water partition coefficient (Wildman–Crippen LogP) is 0.534. The number of hydrogen-bond acceptors (Lipinski definition) is 6. The molecular formula is C19H27N3O5S. The number of morpholine rings is 1. The molecule has 28 heavy (non-hydrogen) atoms. The Hall–Kier alpha value is -1.68. The molecule has 1 aromatic rings. The molecule has 0 aliphatic carbocycles. The third kappa shape index (κ3) is 3.41. The molecule has 0 saturated carbocycles. The number of sulfonamides is 1. The normalized spacial score (nSPS) is 27.2. The molecule has 4 rings (SSSR count). The molecule has 3 aliphatic rings. The molecule has 8 nitrogen and oxygen atoms in total. The Kier molecular flexibility index (Phi) is 5.59. The van der Waals surface area contributed by atoms with Crippen LogP contribution in [0.1, 0.15) is 12.8 Å². The minimum Gasteiger partial charge on any atom is -0.383 e. The van der Waals surface area contributed by atoms with Crippen molar-refractivity contribution in [3.63, 3.8) is 0 Å². The van der Waals surface area contributed by atoms with Crippen molar-refractivity contribution in [1.82, 2.24) is 9.21 Å². The molecule has 2 atom stereocenters. The van der Waals surface area contributed by atoms with Crippen LogP contribution < -0.4 is 4.90 Å². The van der Waals surface area contributed by atoms with Crippen LogP contribution in [0.3, 0.4) is 0 Å². The molecule has 0 aromatic heterocycles. The van der Waals surface area contributed by atoms with E-state index >= 15 is 0 Å². The van der Waals surface area contributed by atoms with Gasteiger partial charge in [0, 0.05) is 39.3 Å². The second-order valence-corrected chi connectivity index (χ2v) is 9.32. The zero-order valence-corrected chi connectivity index (χ0v) is 16.9. The van der Waals surface area contributed by atoms with E-state index in [-0.39, 0.29) is 22.9 Å². The SMILES string of the molecule is COCCN1C[C@@H]2CC[C@H](C(=O)N3CCOCC3)N2c2ccccc2S1(=O)=O. The van der Waals surface area contributed by atoms with Crippen molar-refractivity contribution in [2.45, 2.75) is 29.8 Å². The third-order valence-electron chi connectivity index (χ3n) is 5.83.